The van der Waals surface area contributed by atoms with Gasteiger partial charge in [-0.15, -0.1) is 0 Å². The lowest BCUT2D eigenvalue weighted by Crippen LogP contribution is -2.00. The molecule has 0 amide bonds. The summed E-state index contributed by atoms with van der Waals surface area (Å²) in [6.07, 6.45) is 2.99. The number of carbonyl (C=O) groups excluding carboxylic acids is 1. The lowest BCUT2D eigenvalue weighted by Gasteiger charge is -2.01. The first kappa shape index (κ1) is 11.9. The third kappa shape index (κ3) is 2.98. The number of aromatic hydroxyl groups is 1. The molecule has 0 saturated carbocycles. The summed E-state index contributed by atoms with van der Waals surface area (Å²) in [4.78, 5) is 11.6. The highest BCUT2D eigenvalue weighted by Crippen LogP contribution is 2.16. The smallest absolute Gasteiger partial charge is 0.346 e. The van der Waals surface area contributed by atoms with Crippen molar-refractivity contribution in [1.29, 1.82) is 0 Å². The lowest BCUT2D eigenvalue weighted by atomic mass is 10.2. The SMILES string of the molecule is O=C(O/C=C/c1ccccc1)c1ccccc1O. The molecule has 0 aliphatic carbocycles. The van der Waals surface area contributed by atoms with Gasteiger partial charge in [0.1, 0.15) is 11.3 Å². The van der Waals surface area contributed by atoms with E-state index in [1.165, 1.54) is 18.4 Å². The Kier molecular flexibility index (Phi) is 3.76. The zero-order valence-corrected chi connectivity index (χ0v) is 9.61. The van der Waals surface area contributed by atoms with E-state index in [-0.39, 0.29) is 11.3 Å². The monoisotopic (exact) mass is 240 g/mol. The molecule has 0 heterocycles. The largest absolute Gasteiger partial charge is 0.507 e. The molecule has 3 heteroatoms. The van der Waals surface area contributed by atoms with Crippen molar-refractivity contribution < 1.29 is 14.6 Å². The van der Waals surface area contributed by atoms with Crippen LogP contribution in [-0.4, -0.2) is 11.1 Å². The second-order valence-electron chi connectivity index (χ2n) is 3.64. The molecule has 0 unspecified atom stereocenters. The molecule has 2 aromatic carbocycles. The lowest BCUT2D eigenvalue weighted by molar-refractivity contribution is 0.0662. The minimum Gasteiger partial charge on any atom is -0.507 e. The van der Waals surface area contributed by atoms with Crippen molar-refractivity contribution in [2.45, 2.75) is 0 Å². The number of esters is 1. The van der Waals surface area contributed by atoms with Crippen LogP contribution in [0.1, 0.15) is 15.9 Å². The minimum absolute atomic E-state index is 0.0874. The maximum atomic E-state index is 11.6. The van der Waals surface area contributed by atoms with E-state index in [1.807, 2.05) is 30.3 Å². The number of para-hydroxylation sites is 1. The number of carbonyl (C=O) groups is 1. The van der Waals surface area contributed by atoms with Gasteiger partial charge >= 0.3 is 5.97 Å². The topological polar surface area (TPSA) is 46.5 Å². The van der Waals surface area contributed by atoms with Crippen LogP contribution >= 0.6 is 0 Å². The highest BCUT2D eigenvalue weighted by atomic mass is 16.5. The quantitative estimate of drug-likeness (QED) is 0.661. The van der Waals surface area contributed by atoms with Crippen molar-refractivity contribution in [3.63, 3.8) is 0 Å². The average molecular weight is 240 g/mol. The molecule has 0 fully saturated rings. The first-order valence-electron chi connectivity index (χ1n) is 5.48. The number of hydrogen-bond acceptors (Lipinski definition) is 3. The van der Waals surface area contributed by atoms with Crippen LogP contribution in [0.2, 0.25) is 0 Å². The Hall–Kier alpha value is -2.55. The van der Waals surface area contributed by atoms with Crippen LogP contribution in [-0.2, 0) is 4.74 Å². The molecule has 2 aromatic rings. The van der Waals surface area contributed by atoms with Gasteiger partial charge in [0.05, 0.1) is 6.26 Å². The van der Waals surface area contributed by atoms with Crippen LogP contribution in [0, 0.1) is 0 Å². The molecule has 0 radical (unpaired) electrons. The van der Waals surface area contributed by atoms with Crippen molar-refractivity contribution >= 4 is 12.0 Å². The van der Waals surface area contributed by atoms with E-state index >= 15 is 0 Å². The molecule has 2 rings (SSSR count). The normalized spacial score (nSPS) is 10.4. The standard InChI is InChI=1S/C15H12O3/c16-14-9-5-4-8-13(14)15(17)18-11-10-12-6-2-1-3-7-12/h1-11,16H/b11-10+. The molecule has 0 atom stereocenters. The number of rotatable bonds is 3. The summed E-state index contributed by atoms with van der Waals surface area (Å²) < 4.78 is 4.93. The fraction of sp³-hybridized carbons (Fsp3) is 0. The predicted molar refractivity (Wildman–Crippen MR) is 69.0 cm³/mol. The van der Waals surface area contributed by atoms with Crippen LogP contribution < -0.4 is 0 Å². The number of hydrogen-bond donors (Lipinski definition) is 1. The van der Waals surface area contributed by atoms with E-state index in [0.717, 1.165) is 5.56 Å². The van der Waals surface area contributed by atoms with E-state index in [4.69, 9.17) is 4.74 Å². The molecule has 1 N–H and O–H groups in total. The highest BCUT2D eigenvalue weighted by molar-refractivity contribution is 5.92. The number of benzene rings is 2. The molecule has 3 nitrogen and oxygen atoms in total. The average Bonchev–Trinajstić information content (AvgIpc) is 2.40. The van der Waals surface area contributed by atoms with Gasteiger partial charge in [-0.2, -0.15) is 0 Å². The fourth-order valence-electron chi connectivity index (χ4n) is 1.45. The summed E-state index contributed by atoms with van der Waals surface area (Å²) in [5.41, 5.74) is 1.08. The molecule has 0 aliphatic heterocycles. The molecule has 0 aromatic heterocycles. The minimum atomic E-state index is -0.583. The second kappa shape index (κ2) is 5.68. The predicted octanol–water partition coefficient (Wildman–Crippen LogP) is 3.22. The van der Waals surface area contributed by atoms with Crippen LogP contribution in [0.15, 0.2) is 60.9 Å². The van der Waals surface area contributed by atoms with Gasteiger partial charge in [-0.3, -0.25) is 0 Å². The summed E-state index contributed by atoms with van der Waals surface area (Å²) in [5.74, 6) is -0.670. The van der Waals surface area contributed by atoms with Gasteiger partial charge in [-0.1, -0.05) is 42.5 Å². The van der Waals surface area contributed by atoms with E-state index in [9.17, 15) is 9.90 Å². The van der Waals surface area contributed by atoms with Gasteiger partial charge in [0, 0.05) is 0 Å². The van der Waals surface area contributed by atoms with E-state index in [1.54, 1.807) is 18.2 Å². The second-order valence-corrected chi connectivity index (χ2v) is 3.64. The number of phenolic OH excluding ortho intramolecular Hbond substituents is 1. The molecular formula is C15H12O3. The fourth-order valence-corrected chi connectivity index (χ4v) is 1.45. The van der Waals surface area contributed by atoms with Gasteiger partial charge in [0.2, 0.25) is 0 Å². The van der Waals surface area contributed by atoms with Gasteiger partial charge in [-0.25, -0.2) is 4.79 Å². The zero-order chi connectivity index (χ0) is 12.8. The summed E-state index contributed by atoms with van der Waals surface area (Å²) in [5, 5.41) is 9.47. The Morgan fingerprint density at radius 1 is 1.00 bits per heavy atom. The van der Waals surface area contributed by atoms with Gasteiger partial charge in [0.25, 0.3) is 0 Å². The first-order valence-corrected chi connectivity index (χ1v) is 5.48. The molecular weight excluding hydrogens is 228 g/mol. The molecule has 0 aliphatic rings. The maximum Gasteiger partial charge on any atom is 0.346 e. The van der Waals surface area contributed by atoms with Crippen LogP contribution in [0.5, 0.6) is 5.75 Å². The van der Waals surface area contributed by atoms with Gasteiger partial charge < -0.3 is 9.84 Å². The van der Waals surface area contributed by atoms with Crippen molar-refractivity contribution in [3.05, 3.63) is 72.0 Å². The summed E-state index contributed by atoms with van der Waals surface area (Å²) in [7, 11) is 0. The molecule has 90 valence electrons. The van der Waals surface area contributed by atoms with Crippen LogP contribution in [0.4, 0.5) is 0 Å². The van der Waals surface area contributed by atoms with Gasteiger partial charge in [-0.05, 0) is 23.8 Å². The molecule has 18 heavy (non-hydrogen) atoms. The first-order chi connectivity index (χ1) is 8.77. The Balaban J connectivity index is 2.01. The van der Waals surface area contributed by atoms with Crippen LogP contribution in [0.25, 0.3) is 6.08 Å². The summed E-state index contributed by atoms with van der Waals surface area (Å²) >= 11 is 0. The van der Waals surface area contributed by atoms with E-state index < -0.39 is 5.97 Å². The zero-order valence-electron chi connectivity index (χ0n) is 9.61. The third-order valence-electron chi connectivity index (χ3n) is 2.36. The van der Waals surface area contributed by atoms with Crippen molar-refractivity contribution in [2.75, 3.05) is 0 Å². The maximum absolute atomic E-state index is 11.6. The van der Waals surface area contributed by atoms with E-state index in [0.29, 0.717) is 0 Å². The van der Waals surface area contributed by atoms with Crippen molar-refractivity contribution in [2.24, 2.45) is 0 Å². The molecule has 0 bridgehead atoms. The van der Waals surface area contributed by atoms with E-state index in [2.05, 4.69) is 0 Å². The van der Waals surface area contributed by atoms with Crippen LogP contribution in [0.3, 0.4) is 0 Å². The van der Waals surface area contributed by atoms with Crippen molar-refractivity contribution in [1.82, 2.24) is 0 Å². The third-order valence-corrected chi connectivity index (χ3v) is 2.36. The Labute approximate surface area is 105 Å². The number of ether oxygens (including phenoxy) is 1. The number of phenols is 1. The summed E-state index contributed by atoms with van der Waals surface area (Å²) in [6, 6.07) is 15.7. The van der Waals surface area contributed by atoms with Gasteiger partial charge in [0.15, 0.2) is 0 Å². The Morgan fingerprint density at radius 3 is 2.39 bits per heavy atom. The summed E-state index contributed by atoms with van der Waals surface area (Å²) in [6.45, 7) is 0. The van der Waals surface area contributed by atoms with Crippen molar-refractivity contribution in [3.8, 4) is 5.75 Å². The highest BCUT2D eigenvalue weighted by Gasteiger charge is 2.09. The molecule has 0 spiro atoms. The molecule has 0 saturated heterocycles. The Morgan fingerprint density at radius 2 is 1.67 bits per heavy atom. The Bertz CT molecular complexity index is 559.